The Kier molecular flexibility index (Phi) is 5.83. The quantitative estimate of drug-likeness (QED) is 0.450. The van der Waals surface area contributed by atoms with E-state index in [1.165, 1.54) is 70.6 Å². The minimum atomic E-state index is 0.113. The van der Waals surface area contributed by atoms with Gasteiger partial charge < -0.3 is 0 Å². The molecule has 0 radical (unpaired) electrons. The largest absolute Gasteiger partial charge is 0.0913 e. The predicted molar refractivity (Wildman–Crippen MR) is 106 cm³/mol. The summed E-state index contributed by atoms with van der Waals surface area (Å²) in [5, 5.41) is 1.22. The summed E-state index contributed by atoms with van der Waals surface area (Å²) >= 11 is 0. The van der Waals surface area contributed by atoms with Gasteiger partial charge in [-0.15, -0.1) is 0 Å². The Morgan fingerprint density at radius 1 is 0.522 bits per heavy atom. The van der Waals surface area contributed by atoms with Crippen molar-refractivity contribution in [1.82, 2.24) is 0 Å². The van der Waals surface area contributed by atoms with Gasteiger partial charge in [0.25, 0.3) is 0 Å². The Bertz CT molecular complexity index is 337. The van der Waals surface area contributed by atoms with Gasteiger partial charge in [0.15, 0.2) is 0 Å². The maximum Gasteiger partial charge on any atom is -0.0115 e. The zero-order valence-corrected chi connectivity index (χ0v) is 17.3. The van der Waals surface area contributed by atoms with Crippen LogP contribution >= 0.6 is 7.92 Å². The van der Waals surface area contributed by atoms with Crippen molar-refractivity contribution in [3.05, 3.63) is 0 Å². The van der Waals surface area contributed by atoms with Crippen LogP contribution in [-0.2, 0) is 0 Å². The first-order chi connectivity index (χ1) is 10.9. The van der Waals surface area contributed by atoms with Crippen LogP contribution in [0, 0.1) is 11.8 Å². The van der Waals surface area contributed by atoms with Crippen LogP contribution in [0.25, 0.3) is 0 Å². The second-order valence-corrected chi connectivity index (χ2v) is 13.7. The molecular weight excluding hydrogens is 295 g/mol. The first kappa shape index (κ1) is 18.2. The van der Waals surface area contributed by atoms with Gasteiger partial charge in [-0.05, 0) is 66.3 Å². The van der Waals surface area contributed by atoms with E-state index in [0.29, 0.717) is 10.3 Å². The molecule has 23 heavy (non-hydrogen) atoms. The molecule has 0 aliphatic heterocycles. The number of rotatable bonds is 5. The molecule has 3 fully saturated rings. The SMILES string of the molecule is CC(C)(C1CCCC1)P(C1CCCCC1)C(C)(C)C1CCCC1. The lowest BCUT2D eigenvalue weighted by atomic mass is 9.92. The molecule has 1 heteroatoms. The Labute approximate surface area is 147 Å². The molecule has 3 aliphatic rings. The molecule has 0 heterocycles. The van der Waals surface area contributed by atoms with E-state index in [4.69, 9.17) is 0 Å². The van der Waals surface area contributed by atoms with Crippen molar-refractivity contribution in [3.63, 3.8) is 0 Å². The molecule has 3 saturated carbocycles. The van der Waals surface area contributed by atoms with Crippen LogP contribution in [0.2, 0.25) is 0 Å². The molecule has 0 aromatic carbocycles. The normalized spacial score (nSPS) is 26.5. The molecule has 134 valence electrons. The van der Waals surface area contributed by atoms with Gasteiger partial charge in [-0.25, -0.2) is 0 Å². The molecule has 0 unspecified atom stereocenters. The molecule has 0 aromatic heterocycles. The van der Waals surface area contributed by atoms with Crippen molar-refractivity contribution in [2.24, 2.45) is 11.8 Å². The van der Waals surface area contributed by atoms with Crippen molar-refractivity contribution in [1.29, 1.82) is 0 Å². The molecule has 0 aromatic rings. The lowest BCUT2D eigenvalue weighted by Crippen LogP contribution is -2.43. The summed E-state index contributed by atoms with van der Waals surface area (Å²) in [6.45, 7) is 10.8. The van der Waals surface area contributed by atoms with Gasteiger partial charge in [-0.3, -0.25) is 0 Å². The average molecular weight is 337 g/mol. The Morgan fingerprint density at radius 3 is 1.26 bits per heavy atom. The van der Waals surface area contributed by atoms with Gasteiger partial charge in [0.2, 0.25) is 0 Å². The fourth-order valence-electron chi connectivity index (χ4n) is 6.68. The predicted octanol–water partition coefficient (Wildman–Crippen LogP) is 7.74. The molecule has 3 aliphatic carbocycles. The molecule has 0 nitrogen and oxygen atoms in total. The summed E-state index contributed by atoms with van der Waals surface area (Å²) in [7, 11) is 0.113. The molecule has 0 amide bonds. The van der Waals surface area contributed by atoms with Crippen LogP contribution in [0.15, 0.2) is 0 Å². The highest BCUT2D eigenvalue weighted by Gasteiger charge is 2.51. The standard InChI is InChI=1S/C22H41P/c1-21(2,18-12-8-9-13-18)23(20-16-6-5-7-17-20)22(3,4)19-14-10-11-15-19/h18-20H,5-17H2,1-4H3. The average Bonchev–Trinajstić information content (AvgIpc) is 3.22. The van der Waals surface area contributed by atoms with Crippen LogP contribution in [0.1, 0.15) is 111 Å². The maximum absolute atomic E-state index is 2.71. The molecule has 0 bridgehead atoms. The van der Waals surface area contributed by atoms with E-state index in [0.717, 1.165) is 17.5 Å². The van der Waals surface area contributed by atoms with Gasteiger partial charge in [0, 0.05) is 0 Å². The van der Waals surface area contributed by atoms with Crippen molar-refractivity contribution in [3.8, 4) is 0 Å². The first-order valence-electron chi connectivity index (χ1n) is 10.7. The summed E-state index contributed by atoms with van der Waals surface area (Å²) < 4.78 is 0. The molecule has 0 atom stereocenters. The van der Waals surface area contributed by atoms with E-state index in [9.17, 15) is 0 Å². The topological polar surface area (TPSA) is 0 Å². The lowest BCUT2D eigenvalue weighted by molar-refractivity contribution is 0.373. The van der Waals surface area contributed by atoms with Crippen LogP contribution in [-0.4, -0.2) is 16.0 Å². The van der Waals surface area contributed by atoms with Gasteiger partial charge in [-0.1, -0.05) is 80.6 Å². The van der Waals surface area contributed by atoms with E-state index >= 15 is 0 Å². The second kappa shape index (κ2) is 7.35. The highest BCUT2D eigenvalue weighted by molar-refractivity contribution is 7.61. The van der Waals surface area contributed by atoms with E-state index in [2.05, 4.69) is 27.7 Å². The van der Waals surface area contributed by atoms with E-state index < -0.39 is 0 Å². The van der Waals surface area contributed by atoms with Crippen LogP contribution in [0.5, 0.6) is 0 Å². The Morgan fingerprint density at radius 2 is 0.870 bits per heavy atom. The van der Waals surface area contributed by atoms with Gasteiger partial charge in [-0.2, -0.15) is 0 Å². The summed E-state index contributed by atoms with van der Waals surface area (Å²) in [6.07, 6.45) is 19.8. The summed E-state index contributed by atoms with van der Waals surface area (Å²) in [6, 6.07) is 0. The summed E-state index contributed by atoms with van der Waals surface area (Å²) in [4.78, 5) is 0. The minimum absolute atomic E-state index is 0.113. The fraction of sp³-hybridized carbons (Fsp3) is 1.00. The lowest BCUT2D eigenvalue weighted by Gasteiger charge is -2.55. The third-order valence-electron chi connectivity index (χ3n) is 7.89. The number of hydrogen-bond acceptors (Lipinski definition) is 0. The van der Waals surface area contributed by atoms with Gasteiger partial charge in [0.05, 0.1) is 0 Å². The van der Waals surface area contributed by atoms with Crippen LogP contribution in [0.4, 0.5) is 0 Å². The van der Waals surface area contributed by atoms with Crippen LogP contribution in [0.3, 0.4) is 0 Å². The van der Waals surface area contributed by atoms with Crippen molar-refractivity contribution in [2.75, 3.05) is 0 Å². The highest BCUT2D eigenvalue weighted by Crippen LogP contribution is 2.71. The third kappa shape index (κ3) is 3.68. The highest BCUT2D eigenvalue weighted by atomic mass is 31.1. The molecule has 0 spiro atoms. The minimum Gasteiger partial charge on any atom is -0.0913 e. The van der Waals surface area contributed by atoms with Gasteiger partial charge in [0.1, 0.15) is 0 Å². The fourth-order valence-corrected chi connectivity index (χ4v) is 12.2. The first-order valence-corrected chi connectivity index (χ1v) is 12.1. The Hall–Kier alpha value is 0.430. The third-order valence-corrected chi connectivity index (χ3v) is 12.4. The molecule has 0 N–H and O–H groups in total. The van der Waals surface area contributed by atoms with E-state index in [1.807, 2.05) is 0 Å². The van der Waals surface area contributed by atoms with Crippen molar-refractivity contribution < 1.29 is 0 Å². The van der Waals surface area contributed by atoms with E-state index in [-0.39, 0.29) is 7.92 Å². The van der Waals surface area contributed by atoms with Gasteiger partial charge >= 0.3 is 0 Å². The van der Waals surface area contributed by atoms with Crippen molar-refractivity contribution in [2.45, 2.75) is 127 Å². The second-order valence-electron chi connectivity index (χ2n) is 9.93. The number of hydrogen-bond donors (Lipinski definition) is 0. The van der Waals surface area contributed by atoms with Crippen molar-refractivity contribution >= 4 is 7.92 Å². The molecule has 3 rings (SSSR count). The smallest absolute Gasteiger partial charge is 0.0115 e. The zero-order chi connectivity index (χ0) is 16.5. The van der Waals surface area contributed by atoms with Crippen LogP contribution < -0.4 is 0 Å². The summed E-state index contributed by atoms with van der Waals surface area (Å²) in [5.41, 5.74) is 1.07. The zero-order valence-electron chi connectivity index (χ0n) is 16.4. The monoisotopic (exact) mass is 336 g/mol. The maximum atomic E-state index is 2.71. The molecular formula is C22H41P. The Balaban J connectivity index is 1.88. The summed E-state index contributed by atoms with van der Waals surface area (Å²) in [5.74, 6) is 2.05. The molecule has 0 saturated heterocycles. The van der Waals surface area contributed by atoms with E-state index in [1.54, 1.807) is 12.8 Å².